The zero-order valence-electron chi connectivity index (χ0n) is 16.6. The number of methoxy groups -OCH3 is 1. The van der Waals surface area contributed by atoms with Crippen molar-refractivity contribution in [3.8, 4) is 17.0 Å². The Morgan fingerprint density at radius 2 is 2.07 bits per heavy atom. The number of pyridine rings is 1. The molecule has 1 atom stereocenters. The number of carbonyl (C=O) groups is 1. The maximum absolute atomic E-state index is 11.8. The molecule has 0 aliphatic carbocycles. The minimum Gasteiger partial charge on any atom is -0.495 e. The van der Waals surface area contributed by atoms with Crippen molar-refractivity contribution in [2.45, 2.75) is 19.9 Å². The average Bonchev–Trinajstić information content (AvgIpc) is 2.75. The van der Waals surface area contributed by atoms with E-state index in [1.807, 2.05) is 44.2 Å². The molecule has 3 aromatic rings. The molecule has 0 aliphatic heterocycles. The van der Waals surface area contributed by atoms with Gasteiger partial charge in [0.2, 0.25) is 0 Å². The number of hydrogen-bond acceptors (Lipinski definition) is 6. The van der Waals surface area contributed by atoms with Crippen molar-refractivity contribution < 1.29 is 9.53 Å². The largest absolute Gasteiger partial charge is 0.495 e. The SMILES string of the molecule is CCNC(=O)Nc1ccc(-c2cncc(NC(C)c3ccccn3)n2)cc1OC. The Balaban J connectivity index is 1.80. The molecule has 2 heterocycles. The molecule has 0 saturated carbocycles. The molecule has 8 heteroatoms. The number of carbonyl (C=O) groups excluding carboxylic acids is 1. The molecular weight excluding hydrogens is 368 g/mol. The van der Waals surface area contributed by atoms with Gasteiger partial charge in [-0.3, -0.25) is 9.97 Å². The summed E-state index contributed by atoms with van der Waals surface area (Å²) in [5.74, 6) is 1.18. The summed E-state index contributed by atoms with van der Waals surface area (Å²) >= 11 is 0. The van der Waals surface area contributed by atoms with E-state index in [9.17, 15) is 4.79 Å². The molecule has 1 unspecified atom stereocenters. The van der Waals surface area contributed by atoms with Gasteiger partial charge in [0, 0.05) is 18.3 Å². The van der Waals surface area contributed by atoms with E-state index in [2.05, 4.69) is 30.9 Å². The third kappa shape index (κ3) is 5.19. The van der Waals surface area contributed by atoms with E-state index in [1.165, 1.54) is 0 Å². The summed E-state index contributed by atoms with van der Waals surface area (Å²) in [6.07, 6.45) is 5.12. The first-order valence-electron chi connectivity index (χ1n) is 9.33. The molecule has 1 aromatic carbocycles. The van der Waals surface area contributed by atoms with Crippen LogP contribution in [0.3, 0.4) is 0 Å². The molecule has 3 rings (SSSR count). The van der Waals surface area contributed by atoms with Crippen LogP contribution >= 0.6 is 0 Å². The zero-order valence-corrected chi connectivity index (χ0v) is 16.6. The maximum atomic E-state index is 11.8. The molecule has 0 saturated heterocycles. The Morgan fingerprint density at radius 1 is 1.21 bits per heavy atom. The fourth-order valence-electron chi connectivity index (χ4n) is 2.78. The van der Waals surface area contributed by atoms with E-state index < -0.39 is 0 Å². The smallest absolute Gasteiger partial charge is 0.319 e. The van der Waals surface area contributed by atoms with Gasteiger partial charge in [0.1, 0.15) is 11.6 Å². The number of urea groups is 1. The number of ether oxygens (including phenoxy) is 1. The van der Waals surface area contributed by atoms with Crippen LogP contribution in [0.25, 0.3) is 11.3 Å². The van der Waals surface area contributed by atoms with Gasteiger partial charge in [-0.25, -0.2) is 9.78 Å². The molecular formula is C21H24N6O2. The lowest BCUT2D eigenvalue weighted by Crippen LogP contribution is -2.28. The highest BCUT2D eigenvalue weighted by Crippen LogP contribution is 2.30. The van der Waals surface area contributed by atoms with Gasteiger partial charge in [0.15, 0.2) is 0 Å². The molecule has 2 aromatic heterocycles. The Morgan fingerprint density at radius 3 is 2.79 bits per heavy atom. The molecule has 0 aliphatic rings. The minimum atomic E-state index is -0.284. The molecule has 0 fully saturated rings. The first-order chi connectivity index (χ1) is 14.1. The van der Waals surface area contributed by atoms with Crippen LogP contribution in [-0.2, 0) is 0 Å². The van der Waals surface area contributed by atoms with Crippen LogP contribution in [0.1, 0.15) is 25.6 Å². The third-order valence-electron chi connectivity index (χ3n) is 4.21. The van der Waals surface area contributed by atoms with E-state index in [0.29, 0.717) is 29.5 Å². The second kappa shape index (κ2) is 9.50. The Kier molecular flexibility index (Phi) is 6.57. The van der Waals surface area contributed by atoms with Crippen LogP contribution in [0, 0.1) is 0 Å². The second-order valence-corrected chi connectivity index (χ2v) is 6.31. The fourth-order valence-corrected chi connectivity index (χ4v) is 2.78. The average molecular weight is 392 g/mol. The maximum Gasteiger partial charge on any atom is 0.319 e. The molecule has 29 heavy (non-hydrogen) atoms. The third-order valence-corrected chi connectivity index (χ3v) is 4.21. The predicted octanol–water partition coefficient (Wildman–Crippen LogP) is 3.86. The molecule has 8 nitrogen and oxygen atoms in total. The number of rotatable bonds is 7. The standard InChI is InChI=1S/C21H24N6O2/c1-4-23-21(28)27-17-9-8-15(11-19(17)29-3)18-12-22-13-20(26-18)25-14(2)16-7-5-6-10-24-16/h5-14H,4H2,1-3H3,(H,25,26)(H2,23,27,28). The van der Waals surface area contributed by atoms with Crippen molar-refractivity contribution in [2.24, 2.45) is 0 Å². The van der Waals surface area contributed by atoms with Crippen molar-refractivity contribution in [2.75, 3.05) is 24.3 Å². The van der Waals surface area contributed by atoms with Crippen LogP contribution in [-0.4, -0.2) is 34.6 Å². The van der Waals surface area contributed by atoms with Crippen molar-refractivity contribution in [1.29, 1.82) is 0 Å². The fraction of sp³-hybridized carbons (Fsp3) is 0.238. The van der Waals surface area contributed by atoms with Gasteiger partial charge < -0.3 is 20.7 Å². The van der Waals surface area contributed by atoms with Crippen LogP contribution in [0.4, 0.5) is 16.3 Å². The normalized spacial score (nSPS) is 11.4. The number of nitrogens with one attached hydrogen (secondary N) is 3. The monoisotopic (exact) mass is 392 g/mol. The van der Waals surface area contributed by atoms with E-state index in [0.717, 1.165) is 11.3 Å². The Labute approximate surface area is 169 Å². The van der Waals surface area contributed by atoms with Crippen molar-refractivity contribution >= 4 is 17.5 Å². The quantitative estimate of drug-likeness (QED) is 0.564. The lowest BCUT2D eigenvalue weighted by atomic mass is 10.1. The van der Waals surface area contributed by atoms with E-state index in [1.54, 1.807) is 31.8 Å². The van der Waals surface area contributed by atoms with Gasteiger partial charge in [0.25, 0.3) is 0 Å². The number of benzene rings is 1. The highest BCUT2D eigenvalue weighted by atomic mass is 16.5. The summed E-state index contributed by atoms with van der Waals surface area (Å²) in [4.78, 5) is 25.1. The second-order valence-electron chi connectivity index (χ2n) is 6.31. The van der Waals surface area contributed by atoms with Crippen LogP contribution in [0.5, 0.6) is 5.75 Å². The van der Waals surface area contributed by atoms with Gasteiger partial charge in [-0.1, -0.05) is 12.1 Å². The Bertz CT molecular complexity index is 964. The van der Waals surface area contributed by atoms with Gasteiger partial charge in [-0.05, 0) is 38.1 Å². The summed E-state index contributed by atoms with van der Waals surface area (Å²) < 4.78 is 5.42. The van der Waals surface area contributed by atoms with Crippen molar-refractivity contribution in [1.82, 2.24) is 20.3 Å². The highest BCUT2D eigenvalue weighted by Gasteiger charge is 2.12. The molecule has 3 N–H and O–H groups in total. The van der Waals surface area contributed by atoms with Gasteiger partial charge >= 0.3 is 6.03 Å². The molecule has 0 radical (unpaired) electrons. The molecule has 150 valence electrons. The summed E-state index contributed by atoms with van der Waals surface area (Å²) in [7, 11) is 1.56. The van der Waals surface area contributed by atoms with E-state index >= 15 is 0 Å². The van der Waals surface area contributed by atoms with Crippen LogP contribution in [0.15, 0.2) is 55.0 Å². The zero-order chi connectivity index (χ0) is 20.6. The summed E-state index contributed by atoms with van der Waals surface area (Å²) in [6.45, 7) is 4.41. The first kappa shape index (κ1) is 20.1. The number of aromatic nitrogens is 3. The number of anilines is 2. The summed E-state index contributed by atoms with van der Waals surface area (Å²) in [5.41, 5.74) is 3.01. The highest BCUT2D eigenvalue weighted by molar-refractivity contribution is 5.91. The lowest BCUT2D eigenvalue weighted by Gasteiger charge is -2.15. The van der Waals surface area contributed by atoms with Gasteiger partial charge in [-0.15, -0.1) is 0 Å². The molecule has 0 bridgehead atoms. The van der Waals surface area contributed by atoms with E-state index in [4.69, 9.17) is 4.74 Å². The van der Waals surface area contributed by atoms with Crippen molar-refractivity contribution in [3.05, 3.63) is 60.7 Å². The Hall–Kier alpha value is -3.68. The predicted molar refractivity (Wildman–Crippen MR) is 113 cm³/mol. The minimum absolute atomic E-state index is 0.0149. The van der Waals surface area contributed by atoms with Crippen LogP contribution < -0.4 is 20.7 Å². The molecule has 0 spiro atoms. The summed E-state index contributed by atoms with van der Waals surface area (Å²) in [5, 5.41) is 8.77. The van der Waals surface area contributed by atoms with Gasteiger partial charge in [0.05, 0.1) is 42.6 Å². The lowest BCUT2D eigenvalue weighted by molar-refractivity contribution is 0.252. The number of nitrogens with zero attached hydrogens (tertiary/aromatic N) is 3. The van der Waals surface area contributed by atoms with Crippen molar-refractivity contribution in [3.63, 3.8) is 0 Å². The van der Waals surface area contributed by atoms with E-state index in [-0.39, 0.29) is 12.1 Å². The topological polar surface area (TPSA) is 101 Å². The van der Waals surface area contributed by atoms with Gasteiger partial charge in [-0.2, -0.15) is 0 Å². The first-order valence-corrected chi connectivity index (χ1v) is 9.33. The molecule has 2 amide bonds. The van der Waals surface area contributed by atoms with Crippen LogP contribution in [0.2, 0.25) is 0 Å². The number of amides is 2. The summed E-state index contributed by atoms with van der Waals surface area (Å²) in [6, 6.07) is 11.0. The number of hydrogen-bond donors (Lipinski definition) is 3.